The molecule has 8 nitrogen and oxygen atoms in total. The molecule has 6 rings (SSSR count). The second-order valence-electron chi connectivity index (χ2n) is 7.77. The Balaban J connectivity index is 1.29. The lowest BCUT2D eigenvalue weighted by Crippen LogP contribution is -2.40. The molecule has 1 heterocycles. The summed E-state index contributed by atoms with van der Waals surface area (Å²) in [5.41, 5.74) is 0.300. The second kappa shape index (κ2) is 5.48. The van der Waals surface area contributed by atoms with E-state index >= 15 is 0 Å². The van der Waals surface area contributed by atoms with E-state index in [1.165, 1.54) is 24.3 Å². The maximum Gasteiger partial charge on any atom is 0.269 e. The van der Waals surface area contributed by atoms with Gasteiger partial charge in [-0.15, -0.1) is 0 Å². The molecule has 6 atom stereocenters. The number of amides is 3. The van der Waals surface area contributed by atoms with Gasteiger partial charge in [-0.25, -0.2) is 0 Å². The van der Waals surface area contributed by atoms with Crippen LogP contribution in [0.1, 0.15) is 6.42 Å². The SMILES string of the molecule is O=C(CN1C(=O)[C@H]2[C@@H]3C=C[C@@H]([C@H]4C[C@H]34)[C@@H]2C1=O)Nc1ccc([N+](=O)[O-])cc1. The number of nitrogens with zero attached hydrogens (tertiary/aromatic N) is 2. The number of allylic oxidation sites excluding steroid dienone is 2. The van der Waals surface area contributed by atoms with E-state index in [0.29, 0.717) is 17.5 Å². The highest BCUT2D eigenvalue weighted by Crippen LogP contribution is 2.65. The smallest absolute Gasteiger partial charge is 0.269 e. The van der Waals surface area contributed by atoms with E-state index in [-0.39, 0.29) is 47.7 Å². The molecule has 2 saturated carbocycles. The number of nitrogens with one attached hydrogen (secondary N) is 1. The molecule has 3 fully saturated rings. The van der Waals surface area contributed by atoms with Crippen LogP contribution in [0.5, 0.6) is 0 Å². The van der Waals surface area contributed by atoms with Crippen LogP contribution < -0.4 is 5.32 Å². The highest BCUT2D eigenvalue weighted by Gasteiger charge is 2.67. The van der Waals surface area contributed by atoms with Crippen LogP contribution in [0, 0.1) is 45.6 Å². The van der Waals surface area contributed by atoms with Crippen LogP contribution in [0.4, 0.5) is 11.4 Å². The third-order valence-electron chi connectivity index (χ3n) is 6.42. The van der Waals surface area contributed by atoms with Crippen molar-refractivity contribution in [3.8, 4) is 0 Å². The van der Waals surface area contributed by atoms with Gasteiger partial charge in [0, 0.05) is 17.8 Å². The van der Waals surface area contributed by atoms with Crippen LogP contribution in [0.2, 0.25) is 0 Å². The molecule has 27 heavy (non-hydrogen) atoms. The summed E-state index contributed by atoms with van der Waals surface area (Å²) in [4.78, 5) is 49.2. The van der Waals surface area contributed by atoms with Crippen LogP contribution in [0.3, 0.4) is 0 Å². The number of anilines is 1. The highest BCUT2D eigenvalue weighted by molar-refractivity contribution is 6.09. The molecule has 1 N–H and O–H groups in total. The van der Waals surface area contributed by atoms with Gasteiger partial charge in [0.05, 0.1) is 16.8 Å². The number of nitro benzene ring substituents is 1. The lowest BCUT2D eigenvalue weighted by molar-refractivity contribution is -0.384. The Bertz CT molecular complexity index is 872. The van der Waals surface area contributed by atoms with Gasteiger partial charge in [0.15, 0.2) is 0 Å². The summed E-state index contributed by atoms with van der Waals surface area (Å²) in [6.45, 7) is -0.323. The topological polar surface area (TPSA) is 110 Å². The van der Waals surface area contributed by atoms with Crippen molar-refractivity contribution < 1.29 is 19.3 Å². The maximum absolute atomic E-state index is 12.8. The van der Waals surface area contributed by atoms with E-state index in [1.807, 2.05) is 0 Å². The number of carbonyl (C=O) groups is 3. The second-order valence-corrected chi connectivity index (χ2v) is 7.77. The average molecular weight is 367 g/mol. The molecular formula is C19H17N3O5. The van der Waals surface area contributed by atoms with Gasteiger partial charge in [-0.3, -0.25) is 29.4 Å². The molecule has 5 aliphatic rings. The Morgan fingerprint density at radius 3 is 2.15 bits per heavy atom. The third kappa shape index (κ3) is 2.32. The fourth-order valence-corrected chi connectivity index (χ4v) is 5.19. The lowest BCUT2D eigenvalue weighted by atomic mass is 9.63. The zero-order chi connectivity index (χ0) is 18.9. The van der Waals surface area contributed by atoms with Crippen molar-refractivity contribution in [3.63, 3.8) is 0 Å². The van der Waals surface area contributed by atoms with E-state index in [4.69, 9.17) is 0 Å². The first-order chi connectivity index (χ1) is 13.0. The van der Waals surface area contributed by atoms with Crippen molar-refractivity contribution in [1.29, 1.82) is 0 Å². The van der Waals surface area contributed by atoms with Crippen molar-refractivity contribution >= 4 is 29.1 Å². The van der Waals surface area contributed by atoms with Gasteiger partial charge in [0.25, 0.3) is 5.69 Å². The fourth-order valence-electron chi connectivity index (χ4n) is 5.19. The number of benzene rings is 1. The molecule has 1 saturated heterocycles. The Morgan fingerprint density at radius 1 is 1.07 bits per heavy atom. The maximum atomic E-state index is 12.8. The molecule has 3 amide bonds. The van der Waals surface area contributed by atoms with Gasteiger partial charge in [0.2, 0.25) is 17.7 Å². The first-order valence-electron chi connectivity index (χ1n) is 9.03. The van der Waals surface area contributed by atoms with Crippen molar-refractivity contribution in [3.05, 3.63) is 46.5 Å². The van der Waals surface area contributed by atoms with Crippen LogP contribution in [0.25, 0.3) is 0 Å². The largest absolute Gasteiger partial charge is 0.325 e. The zero-order valence-electron chi connectivity index (χ0n) is 14.3. The van der Waals surface area contributed by atoms with E-state index < -0.39 is 10.8 Å². The van der Waals surface area contributed by atoms with Gasteiger partial charge >= 0.3 is 0 Å². The molecule has 1 aromatic carbocycles. The Kier molecular flexibility index (Phi) is 3.28. The number of imide groups is 1. The van der Waals surface area contributed by atoms with Gasteiger partial charge in [-0.1, -0.05) is 12.2 Å². The first-order valence-corrected chi connectivity index (χ1v) is 9.03. The molecule has 0 unspecified atom stereocenters. The van der Waals surface area contributed by atoms with Crippen LogP contribution >= 0.6 is 0 Å². The Labute approximate surface area is 154 Å². The summed E-state index contributed by atoms with van der Waals surface area (Å²) in [5.74, 6) is -0.309. The predicted octanol–water partition coefficient (Wildman–Crippen LogP) is 1.59. The number of hydrogen-bond acceptors (Lipinski definition) is 5. The molecular weight excluding hydrogens is 350 g/mol. The monoisotopic (exact) mass is 367 g/mol. The lowest BCUT2D eigenvalue weighted by Gasteiger charge is -2.37. The Hall–Kier alpha value is -3.03. The van der Waals surface area contributed by atoms with Crippen LogP contribution in [0.15, 0.2) is 36.4 Å². The molecule has 8 heteroatoms. The number of carbonyl (C=O) groups excluding carboxylic acids is 3. The van der Waals surface area contributed by atoms with Crippen molar-refractivity contribution in [1.82, 2.24) is 4.90 Å². The number of non-ortho nitro benzene ring substituents is 1. The van der Waals surface area contributed by atoms with E-state index in [0.717, 1.165) is 11.3 Å². The van der Waals surface area contributed by atoms with E-state index in [2.05, 4.69) is 17.5 Å². The number of hydrogen-bond donors (Lipinski definition) is 1. The molecule has 1 aliphatic heterocycles. The van der Waals surface area contributed by atoms with E-state index in [9.17, 15) is 24.5 Å². The van der Waals surface area contributed by atoms with E-state index in [1.54, 1.807) is 0 Å². The van der Waals surface area contributed by atoms with Crippen LogP contribution in [-0.4, -0.2) is 34.1 Å². The summed E-state index contributed by atoms with van der Waals surface area (Å²) < 4.78 is 0. The Morgan fingerprint density at radius 2 is 1.63 bits per heavy atom. The average Bonchev–Trinajstić information content (AvgIpc) is 3.43. The summed E-state index contributed by atoms with van der Waals surface area (Å²) in [7, 11) is 0. The number of rotatable bonds is 4. The standard InChI is InChI=1S/C19H17N3O5/c23-15(20-9-1-3-10(4-2-9)22(26)27)8-21-18(24)16-11-5-6-12(14-7-13(11)14)17(16)19(21)25/h1-6,11-14,16-17H,7-8H2,(H,20,23)/t11-,12+,13-,14-,16+,17+/m1/s1. The van der Waals surface area contributed by atoms with Crippen LogP contribution in [-0.2, 0) is 14.4 Å². The minimum Gasteiger partial charge on any atom is -0.325 e. The van der Waals surface area contributed by atoms with Crippen molar-refractivity contribution in [2.45, 2.75) is 6.42 Å². The minimum absolute atomic E-state index is 0.0801. The number of likely N-dealkylation sites (tertiary alicyclic amines) is 1. The quantitative estimate of drug-likeness (QED) is 0.376. The zero-order valence-corrected chi connectivity index (χ0v) is 14.3. The predicted molar refractivity (Wildman–Crippen MR) is 93.1 cm³/mol. The molecule has 4 aliphatic carbocycles. The summed E-state index contributed by atoms with van der Waals surface area (Å²) in [6, 6.07) is 5.40. The van der Waals surface area contributed by atoms with Crippen molar-refractivity contribution in [2.75, 3.05) is 11.9 Å². The summed E-state index contributed by atoms with van der Waals surface area (Å²) in [5, 5.41) is 13.3. The third-order valence-corrected chi connectivity index (χ3v) is 6.42. The molecule has 138 valence electrons. The molecule has 2 bridgehead atoms. The van der Waals surface area contributed by atoms with Gasteiger partial charge in [-0.2, -0.15) is 0 Å². The van der Waals surface area contributed by atoms with Gasteiger partial charge in [-0.05, 0) is 42.2 Å². The minimum atomic E-state index is -0.526. The van der Waals surface area contributed by atoms with Crippen molar-refractivity contribution in [2.24, 2.45) is 35.5 Å². The molecule has 0 aromatic heterocycles. The van der Waals surface area contributed by atoms with Gasteiger partial charge in [0.1, 0.15) is 6.54 Å². The highest BCUT2D eigenvalue weighted by atomic mass is 16.6. The van der Waals surface area contributed by atoms with Gasteiger partial charge < -0.3 is 5.32 Å². The molecule has 0 radical (unpaired) electrons. The normalized spacial score (nSPS) is 35.0. The summed E-state index contributed by atoms with van der Waals surface area (Å²) in [6.07, 6.45) is 5.27. The summed E-state index contributed by atoms with van der Waals surface area (Å²) >= 11 is 0. The molecule has 1 aromatic rings. The number of nitro groups is 1. The fraction of sp³-hybridized carbons (Fsp3) is 0.421. The molecule has 0 spiro atoms. The first kappa shape index (κ1) is 16.2.